The Morgan fingerprint density at radius 1 is 1.33 bits per heavy atom. The molecule has 0 aliphatic heterocycles. The molecule has 0 spiro atoms. The van der Waals surface area contributed by atoms with E-state index in [4.69, 9.17) is 5.11 Å². The summed E-state index contributed by atoms with van der Waals surface area (Å²) in [6.07, 6.45) is 0.252. The Morgan fingerprint density at radius 2 is 2.05 bits per heavy atom. The first-order valence-corrected chi connectivity index (χ1v) is 6.64. The molecular weight excluding hydrogens is 268 g/mol. The van der Waals surface area contributed by atoms with Gasteiger partial charge in [-0.1, -0.05) is 17.9 Å². The van der Waals surface area contributed by atoms with Crippen molar-refractivity contribution in [3.8, 4) is 11.8 Å². The molecule has 0 aromatic heterocycles. The van der Waals surface area contributed by atoms with Crippen LogP contribution in [0.5, 0.6) is 0 Å². The van der Waals surface area contributed by atoms with Crippen molar-refractivity contribution < 1.29 is 14.7 Å². The molecule has 0 atom stereocenters. The van der Waals surface area contributed by atoms with Crippen LogP contribution in [0, 0.1) is 18.8 Å². The summed E-state index contributed by atoms with van der Waals surface area (Å²) >= 11 is 0. The van der Waals surface area contributed by atoms with Crippen LogP contribution in [-0.4, -0.2) is 49.1 Å². The van der Waals surface area contributed by atoms with E-state index in [1.165, 1.54) is 4.90 Å². The summed E-state index contributed by atoms with van der Waals surface area (Å²) in [7, 11) is 3.35. The Bertz CT molecular complexity index is 583. The third-order valence-electron chi connectivity index (χ3n) is 2.85. The van der Waals surface area contributed by atoms with E-state index in [0.29, 0.717) is 11.1 Å². The van der Waals surface area contributed by atoms with Crippen molar-refractivity contribution in [1.82, 2.24) is 10.2 Å². The minimum absolute atomic E-state index is 0.0421. The topological polar surface area (TPSA) is 69.6 Å². The second-order valence-electron chi connectivity index (χ2n) is 4.80. The van der Waals surface area contributed by atoms with E-state index in [9.17, 15) is 9.59 Å². The van der Waals surface area contributed by atoms with Crippen LogP contribution in [0.4, 0.5) is 0 Å². The van der Waals surface area contributed by atoms with Crippen LogP contribution in [0.25, 0.3) is 0 Å². The molecule has 21 heavy (non-hydrogen) atoms. The molecule has 0 saturated heterocycles. The molecule has 2 N–H and O–H groups in total. The Morgan fingerprint density at radius 3 is 2.67 bits per heavy atom. The Labute approximate surface area is 125 Å². The number of benzene rings is 1. The Kier molecular flexibility index (Phi) is 6.44. The standard InChI is InChI=1S/C16H20N2O3/c1-12-6-7-14(13(11-12)5-4-10-19)16(21)17-9-8-15(20)18(2)3/h6-7,11,19H,8-10H2,1-3H3,(H,17,21). The van der Waals surface area contributed by atoms with Gasteiger partial charge in [0.1, 0.15) is 6.61 Å². The van der Waals surface area contributed by atoms with Crippen molar-refractivity contribution in [2.24, 2.45) is 0 Å². The van der Waals surface area contributed by atoms with Gasteiger partial charge in [0.05, 0.1) is 5.56 Å². The number of hydrogen-bond acceptors (Lipinski definition) is 3. The predicted octanol–water partition coefficient (Wildman–Crippen LogP) is 0.547. The van der Waals surface area contributed by atoms with Crippen LogP contribution >= 0.6 is 0 Å². The normalized spacial score (nSPS) is 9.52. The second-order valence-corrected chi connectivity index (χ2v) is 4.80. The fourth-order valence-electron chi connectivity index (χ4n) is 1.70. The first kappa shape index (κ1) is 16.7. The molecule has 0 saturated carbocycles. The summed E-state index contributed by atoms with van der Waals surface area (Å²) in [5, 5.41) is 11.5. The Balaban J connectivity index is 2.76. The number of aliphatic hydroxyl groups is 1. The lowest BCUT2D eigenvalue weighted by Crippen LogP contribution is -2.30. The van der Waals surface area contributed by atoms with Crippen molar-refractivity contribution in [3.05, 3.63) is 34.9 Å². The maximum Gasteiger partial charge on any atom is 0.252 e. The lowest BCUT2D eigenvalue weighted by molar-refractivity contribution is -0.128. The van der Waals surface area contributed by atoms with Gasteiger partial charge < -0.3 is 15.3 Å². The maximum atomic E-state index is 12.1. The van der Waals surface area contributed by atoms with Gasteiger partial charge in [0.15, 0.2) is 0 Å². The highest BCUT2D eigenvalue weighted by molar-refractivity contribution is 5.97. The summed E-state index contributed by atoms with van der Waals surface area (Å²) in [4.78, 5) is 25.0. The molecule has 0 heterocycles. The number of amides is 2. The zero-order valence-corrected chi connectivity index (χ0v) is 12.6. The molecule has 1 aromatic carbocycles. The SMILES string of the molecule is Cc1ccc(C(=O)NCCC(=O)N(C)C)c(C#CCO)c1. The van der Waals surface area contributed by atoms with Crippen LogP contribution in [-0.2, 0) is 4.79 Å². The number of hydrogen-bond donors (Lipinski definition) is 2. The third-order valence-corrected chi connectivity index (χ3v) is 2.85. The Hall–Kier alpha value is -2.32. The van der Waals surface area contributed by atoms with E-state index < -0.39 is 0 Å². The predicted molar refractivity (Wildman–Crippen MR) is 80.8 cm³/mol. The van der Waals surface area contributed by atoms with Crippen LogP contribution in [0.2, 0.25) is 0 Å². The van der Waals surface area contributed by atoms with Crippen molar-refractivity contribution in [3.63, 3.8) is 0 Å². The molecule has 1 rings (SSSR count). The molecule has 0 bridgehead atoms. The molecule has 2 amide bonds. The molecular formula is C16H20N2O3. The summed E-state index contributed by atoms with van der Waals surface area (Å²) < 4.78 is 0. The van der Waals surface area contributed by atoms with Crippen molar-refractivity contribution in [2.75, 3.05) is 27.2 Å². The number of carbonyl (C=O) groups is 2. The fraction of sp³-hybridized carbons (Fsp3) is 0.375. The van der Waals surface area contributed by atoms with E-state index in [0.717, 1.165) is 5.56 Å². The van der Waals surface area contributed by atoms with E-state index >= 15 is 0 Å². The van der Waals surface area contributed by atoms with Gasteiger partial charge in [0.2, 0.25) is 5.91 Å². The lowest BCUT2D eigenvalue weighted by Gasteiger charge is -2.11. The summed E-state index contributed by atoms with van der Waals surface area (Å²) in [5.74, 6) is 4.99. The zero-order chi connectivity index (χ0) is 15.8. The fourth-order valence-corrected chi connectivity index (χ4v) is 1.70. The van der Waals surface area contributed by atoms with Gasteiger partial charge in [0.25, 0.3) is 5.91 Å². The number of nitrogens with one attached hydrogen (secondary N) is 1. The molecule has 0 unspecified atom stereocenters. The molecule has 0 aliphatic carbocycles. The van der Waals surface area contributed by atoms with Crippen LogP contribution in [0.3, 0.4) is 0 Å². The molecule has 5 heteroatoms. The first-order valence-electron chi connectivity index (χ1n) is 6.64. The number of aryl methyl sites for hydroxylation is 1. The summed E-state index contributed by atoms with van der Waals surface area (Å²) in [6.45, 7) is 1.92. The molecule has 112 valence electrons. The quantitative estimate of drug-likeness (QED) is 0.795. The number of aliphatic hydroxyl groups excluding tert-OH is 1. The second kappa shape index (κ2) is 8.08. The molecule has 5 nitrogen and oxygen atoms in total. The van der Waals surface area contributed by atoms with E-state index in [-0.39, 0.29) is 31.4 Å². The lowest BCUT2D eigenvalue weighted by atomic mass is 10.0. The van der Waals surface area contributed by atoms with Gasteiger partial charge in [-0.25, -0.2) is 0 Å². The smallest absolute Gasteiger partial charge is 0.252 e. The van der Waals surface area contributed by atoms with Crippen molar-refractivity contribution >= 4 is 11.8 Å². The molecule has 1 aromatic rings. The first-order chi connectivity index (χ1) is 9.95. The number of rotatable bonds is 4. The highest BCUT2D eigenvalue weighted by atomic mass is 16.2. The number of carbonyl (C=O) groups excluding carboxylic acids is 2. The summed E-state index contributed by atoms with van der Waals surface area (Å²) in [6, 6.07) is 5.31. The van der Waals surface area contributed by atoms with E-state index in [1.54, 1.807) is 26.2 Å². The van der Waals surface area contributed by atoms with Gasteiger partial charge in [-0.15, -0.1) is 0 Å². The van der Waals surface area contributed by atoms with Crippen LogP contribution in [0.1, 0.15) is 27.9 Å². The molecule has 0 fully saturated rings. The monoisotopic (exact) mass is 288 g/mol. The number of nitrogens with zero attached hydrogens (tertiary/aromatic N) is 1. The average molecular weight is 288 g/mol. The van der Waals surface area contributed by atoms with Crippen LogP contribution in [0.15, 0.2) is 18.2 Å². The van der Waals surface area contributed by atoms with Crippen LogP contribution < -0.4 is 5.32 Å². The zero-order valence-electron chi connectivity index (χ0n) is 12.6. The van der Waals surface area contributed by atoms with Gasteiger partial charge in [-0.3, -0.25) is 9.59 Å². The van der Waals surface area contributed by atoms with E-state index in [2.05, 4.69) is 17.2 Å². The largest absolute Gasteiger partial charge is 0.384 e. The molecule has 0 radical (unpaired) electrons. The average Bonchev–Trinajstić information content (AvgIpc) is 2.44. The van der Waals surface area contributed by atoms with Gasteiger partial charge in [-0.05, 0) is 24.6 Å². The van der Waals surface area contributed by atoms with E-state index in [1.807, 2.05) is 13.0 Å². The van der Waals surface area contributed by atoms with Gasteiger partial charge in [-0.2, -0.15) is 0 Å². The highest BCUT2D eigenvalue weighted by Gasteiger charge is 2.11. The maximum absolute atomic E-state index is 12.1. The third kappa shape index (κ3) is 5.28. The highest BCUT2D eigenvalue weighted by Crippen LogP contribution is 2.10. The summed E-state index contributed by atoms with van der Waals surface area (Å²) in [5.41, 5.74) is 2.00. The minimum Gasteiger partial charge on any atom is -0.384 e. The van der Waals surface area contributed by atoms with Crippen molar-refractivity contribution in [1.29, 1.82) is 0 Å². The van der Waals surface area contributed by atoms with Crippen molar-refractivity contribution in [2.45, 2.75) is 13.3 Å². The van der Waals surface area contributed by atoms with Gasteiger partial charge >= 0.3 is 0 Å². The molecule has 0 aliphatic rings. The van der Waals surface area contributed by atoms with Gasteiger partial charge in [0, 0.05) is 32.6 Å². The minimum atomic E-state index is -0.274.